The first kappa shape index (κ1) is 15.8. The molecule has 2 N–H and O–H groups in total. The van der Waals surface area contributed by atoms with Crippen LogP contribution in [0.25, 0.3) is 0 Å². The van der Waals surface area contributed by atoms with Gasteiger partial charge in [-0.3, -0.25) is 4.79 Å². The van der Waals surface area contributed by atoms with Crippen LogP contribution >= 0.6 is 0 Å². The SMILES string of the molecule is CC(C)CN1CCC(CNC(=O)[C@H]2CCN[C@@H](C)C2)C1. The lowest BCUT2D eigenvalue weighted by Crippen LogP contribution is -2.43. The Kier molecular flexibility index (Phi) is 5.85. The maximum atomic E-state index is 12.2. The molecule has 0 aliphatic carbocycles. The summed E-state index contributed by atoms with van der Waals surface area (Å²) in [5.74, 6) is 1.89. The van der Waals surface area contributed by atoms with E-state index in [1.807, 2.05) is 0 Å². The van der Waals surface area contributed by atoms with Gasteiger partial charge in [0, 0.05) is 31.6 Å². The first-order valence-corrected chi connectivity index (χ1v) is 8.28. The summed E-state index contributed by atoms with van der Waals surface area (Å²) < 4.78 is 0. The predicted molar refractivity (Wildman–Crippen MR) is 82.6 cm³/mol. The molecule has 2 fully saturated rings. The average molecular weight is 281 g/mol. The van der Waals surface area contributed by atoms with Crippen molar-refractivity contribution in [3.63, 3.8) is 0 Å². The number of amides is 1. The van der Waals surface area contributed by atoms with E-state index in [1.165, 1.54) is 19.5 Å². The Hall–Kier alpha value is -0.610. The number of hydrogen-bond donors (Lipinski definition) is 2. The molecule has 1 amide bonds. The van der Waals surface area contributed by atoms with Gasteiger partial charge in [0.2, 0.25) is 5.91 Å². The van der Waals surface area contributed by atoms with Gasteiger partial charge in [-0.2, -0.15) is 0 Å². The minimum Gasteiger partial charge on any atom is -0.356 e. The topological polar surface area (TPSA) is 44.4 Å². The van der Waals surface area contributed by atoms with Crippen molar-refractivity contribution in [2.24, 2.45) is 17.8 Å². The highest BCUT2D eigenvalue weighted by molar-refractivity contribution is 5.78. The number of piperidine rings is 1. The molecule has 0 saturated carbocycles. The number of rotatable bonds is 5. The van der Waals surface area contributed by atoms with E-state index in [9.17, 15) is 4.79 Å². The van der Waals surface area contributed by atoms with Crippen LogP contribution < -0.4 is 10.6 Å². The molecule has 116 valence electrons. The van der Waals surface area contributed by atoms with Crippen molar-refractivity contribution < 1.29 is 4.79 Å². The molecule has 0 aromatic rings. The first-order chi connectivity index (χ1) is 9.54. The fourth-order valence-corrected chi connectivity index (χ4v) is 3.52. The Bertz CT molecular complexity index is 319. The van der Waals surface area contributed by atoms with Gasteiger partial charge in [-0.25, -0.2) is 0 Å². The third-order valence-electron chi connectivity index (χ3n) is 4.55. The van der Waals surface area contributed by atoms with E-state index in [2.05, 4.69) is 36.3 Å². The second-order valence-corrected chi connectivity index (χ2v) is 7.13. The van der Waals surface area contributed by atoms with Gasteiger partial charge < -0.3 is 15.5 Å². The van der Waals surface area contributed by atoms with E-state index in [0.29, 0.717) is 12.0 Å². The minimum absolute atomic E-state index is 0.222. The Morgan fingerprint density at radius 3 is 2.90 bits per heavy atom. The van der Waals surface area contributed by atoms with Crippen molar-refractivity contribution in [2.75, 3.05) is 32.7 Å². The predicted octanol–water partition coefficient (Wildman–Crippen LogP) is 1.47. The zero-order valence-corrected chi connectivity index (χ0v) is 13.3. The van der Waals surface area contributed by atoms with Gasteiger partial charge in [0.15, 0.2) is 0 Å². The second kappa shape index (κ2) is 7.41. The van der Waals surface area contributed by atoms with Crippen LogP contribution in [-0.2, 0) is 4.79 Å². The summed E-state index contributed by atoms with van der Waals surface area (Å²) in [7, 11) is 0. The van der Waals surface area contributed by atoms with Crippen LogP contribution in [0.4, 0.5) is 0 Å². The Labute approximate surface area is 123 Å². The zero-order chi connectivity index (χ0) is 14.5. The molecule has 0 aromatic carbocycles. The number of carbonyl (C=O) groups excluding carboxylic acids is 1. The summed E-state index contributed by atoms with van der Waals surface area (Å²) in [6.07, 6.45) is 3.20. The van der Waals surface area contributed by atoms with E-state index in [0.717, 1.165) is 38.4 Å². The van der Waals surface area contributed by atoms with Crippen molar-refractivity contribution in [1.82, 2.24) is 15.5 Å². The third kappa shape index (κ3) is 4.74. The van der Waals surface area contributed by atoms with Crippen LogP contribution in [0, 0.1) is 17.8 Å². The van der Waals surface area contributed by atoms with Crippen LogP contribution in [0.3, 0.4) is 0 Å². The fourth-order valence-electron chi connectivity index (χ4n) is 3.52. The van der Waals surface area contributed by atoms with E-state index < -0.39 is 0 Å². The summed E-state index contributed by atoms with van der Waals surface area (Å²) >= 11 is 0. The van der Waals surface area contributed by atoms with Gasteiger partial charge >= 0.3 is 0 Å². The van der Waals surface area contributed by atoms with Crippen LogP contribution in [0.1, 0.15) is 40.0 Å². The minimum atomic E-state index is 0.222. The van der Waals surface area contributed by atoms with Crippen molar-refractivity contribution in [3.8, 4) is 0 Å². The van der Waals surface area contributed by atoms with Crippen molar-refractivity contribution in [2.45, 2.75) is 46.1 Å². The van der Waals surface area contributed by atoms with E-state index in [4.69, 9.17) is 0 Å². The number of hydrogen-bond acceptors (Lipinski definition) is 3. The summed E-state index contributed by atoms with van der Waals surface area (Å²) in [5.41, 5.74) is 0. The second-order valence-electron chi connectivity index (χ2n) is 7.13. The smallest absolute Gasteiger partial charge is 0.223 e. The quantitative estimate of drug-likeness (QED) is 0.802. The highest BCUT2D eigenvalue weighted by Crippen LogP contribution is 2.18. The Morgan fingerprint density at radius 2 is 2.20 bits per heavy atom. The van der Waals surface area contributed by atoms with Gasteiger partial charge in [0.25, 0.3) is 0 Å². The van der Waals surface area contributed by atoms with Gasteiger partial charge in [-0.15, -0.1) is 0 Å². The molecule has 3 atom stereocenters. The van der Waals surface area contributed by atoms with Gasteiger partial charge in [-0.05, 0) is 51.1 Å². The monoisotopic (exact) mass is 281 g/mol. The Morgan fingerprint density at radius 1 is 1.40 bits per heavy atom. The molecule has 2 aliphatic rings. The fraction of sp³-hybridized carbons (Fsp3) is 0.938. The zero-order valence-electron chi connectivity index (χ0n) is 13.3. The van der Waals surface area contributed by atoms with Crippen molar-refractivity contribution in [3.05, 3.63) is 0 Å². The summed E-state index contributed by atoms with van der Waals surface area (Å²) in [6.45, 7) is 12.1. The molecule has 2 saturated heterocycles. The van der Waals surface area contributed by atoms with Crippen molar-refractivity contribution in [1.29, 1.82) is 0 Å². The highest BCUT2D eigenvalue weighted by atomic mass is 16.1. The standard InChI is InChI=1S/C16H31N3O/c1-12(2)10-19-7-5-14(11-19)9-18-16(20)15-4-6-17-13(3)8-15/h12-15,17H,4-11H2,1-3H3,(H,18,20)/t13-,14?,15-/m0/s1. The van der Waals surface area contributed by atoms with E-state index in [1.54, 1.807) is 0 Å². The molecule has 0 spiro atoms. The molecule has 2 rings (SSSR count). The molecule has 2 aliphatic heterocycles. The molecule has 1 unspecified atom stereocenters. The molecule has 2 heterocycles. The van der Waals surface area contributed by atoms with Crippen LogP contribution in [0.5, 0.6) is 0 Å². The maximum Gasteiger partial charge on any atom is 0.223 e. The highest BCUT2D eigenvalue weighted by Gasteiger charge is 2.27. The van der Waals surface area contributed by atoms with Crippen molar-refractivity contribution >= 4 is 5.91 Å². The summed E-state index contributed by atoms with van der Waals surface area (Å²) in [4.78, 5) is 14.7. The number of nitrogens with one attached hydrogen (secondary N) is 2. The Balaban J connectivity index is 1.66. The number of carbonyl (C=O) groups is 1. The molecule has 20 heavy (non-hydrogen) atoms. The third-order valence-corrected chi connectivity index (χ3v) is 4.55. The van der Waals surface area contributed by atoms with Gasteiger partial charge in [0.05, 0.1) is 0 Å². The van der Waals surface area contributed by atoms with Crippen LogP contribution in [0.15, 0.2) is 0 Å². The lowest BCUT2D eigenvalue weighted by molar-refractivity contribution is -0.126. The molecule has 0 aromatic heterocycles. The van der Waals surface area contributed by atoms with E-state index in [-0.39, 0.29) is 11.8 Å². The number of likely N-dealkylation sites (tertiary alicyclic amines) is 1. The molecule has 4 heteroatoms. The largest absolute Gasteiger partial charge is 0.356 e. The lowest BCUT2D eigenvalue weighted by atomic mass is 9.92. The molecule has 0 bridgehead atoms. The van der Waals surface area contributed by atoms with Gasteiger partial charge in [0.1, 0.15) is 0 Å². The molecular formula is C16H31N3O. The molecular weight excluding hydrogens is 250 g/mol. The summed E-state index contributed by atoms with van der Waals surface area (Å²) in [6, 6.07) is 0.479. The first-order valence-electron chi connectivity index (χ1n) is 8.28. The van der Waals surface area contributed by atoms with Crippen LogP contribution in [0.2, 0.25) is 0 Å². The maximum absolute atomic E-state index is 12.2. The lowest BCUT2D eigenvalue weighted by Gasteiger charge is -2.27. The summed E-state index contributed by atoms with van der Waals surface area (Å²) in [5, 5.41) is 6.60. The van der Waals surface area contributed by atoms with Gasteiger partial charge in [-0.1, -0.05) is 13.8 Å². The molecule has 0 radical (unpaired) electrons. The molecule has 4 nitrogen and oxygen atoms in total. The van der Waals surface area contributed by atoms with Crippen LogP contribution in [-0.4, -0.2) is 49.6 Å². The van der Waals surface area contributed by atoms with E-state index >= 15 is 0 Å². The number of nitrogens with zero attached hydrogens (tertiary/aromatic N) is 1. The normalized spacial score (nSPS) is 31.7. The average Bonchev–Trinajstić information content (AvgIpc) is 2.82.